The lowest BCUT2D eigenvalue weighted by molar-refractivity contribution is 0.0761. The highest BCUT2D eigenvalue weighted by Crippen LogP contribution is 2.14. The molecular formula is C17H24N4O3S. The van der Waals surface area contributed by atoms with Crippen molar-refractivity contribution >= 4 is 15.9 Å². The fourth-order valence-corrected chi connectivity index (χ4v) is 3.81. The minimum Gasteiger partial charge on any atom is -0.337 e. The first kappa shape index (κ1) is 19.4. The number of amides is 1. The molecule has 8 heteroatoms. The van der Waals surface area contributed by atoms with E-state index in [-0.39, 0.29) is 23.8 Å². The number of hydrogen-bond acceptors (Lipinski definition) is 5. The lowest BCUT2D eigenvalue weighted by Gasteiger charge is -2.21. The molecule has 0 radical (unpaired) electrons. The van der Waals surface area contributed by atoms with Gasteiger partial charge < -0.3 is 9.80 Å². The quantitative estimate of drug-likeness (QED) is 0.762. The predicted octanol–water partition coefficient (Wildman–Crippen LogP) is 1.05. The number of likely N-dealkylation sites (N-methyl/N-ethyl adjacent to an activating group) is 1. The number of nitriles is 1. The summed E-state index contributed by atoms with van der Waals surface area (Å²) in [5.41, 5.74) is 0.487. The minimum atomic E-state index is -3.65. The Morgan fingerprint density at radius 2 is 1.92 bits per heavy atom. The summed E-state index contributed by atoms with van der Waals surface area (Å²) in [6.45, 7) is 6.41. The molecule has 25 heavy (non-hydrogen) atoms. The molecule has 1 fully saturated rings. The fraction of sp³-hybridized carbons (Fsp3) is 0.529. The van der Waals surface area contributed by atoms with Crippen LogP contribution in [0.3, 0.4) is 0 Å². The van der Waals surface area contributed by atoms with Crippen LogP contribution in [0.5, 0.6) is 0 Å². The molecule has 1 N–H and O–H groups in total. The van der Waals surface area contributed by atoms with E-state index < -0.39 is 10.0 Å². The van der Waals surface area contributed by atoms with Crippen LogP contribution in [0.2, 0.25) is 0 Å². The van der Waals surface area contributed by atoms with Crippen LogP contribution in [0, 0.1) is 11.3 Å². The second-order valence-corrected chi connectivity index (χ2v) is 7.68. The lowest BCUT2D eigenvalue weighted by atomic mass is 10.2. The van der Waals surface area contributed by atoms with Crippen LogP contribution in [-0.4, -0.2) is 63.4 Å². The summed E-state index contributed by atoms with van der Waals surface area (Å²) in [6, 6.07) is 7.83. The van der Waals surface area contributed by atoms with E-state index in [1.165, 1.54) is 12.1 Å². The van der Waals surface area contributed by atoms with Gasteiger partial charge in [-0.3, -0.25) is 4.79 Å². The molecule has 1 amide bonds. The molecule has 0 unspecified atom stereocenters. The maximum atomic E-state index is 12.6. The second kappa shape index (κ2) is 8.94. The highest BCUT2D eigenvalue weighted by atomic mass is 32.2. The third-order valence-electron chi connectivity index (χ3n) is 4.26. The van der Waals surface area contributed by atoms with Crippen molar-refractivity contribution < 1.29 is 13.2 Å². The Hall–Kier alpha value is -1.95. The van der Waals surface area contributed by atoms with E-state index >= 15 is 0 Å². The van der Waals surface area contributed by atoms with Crippen molar-refractivity contribution in [2.24, 2.45) is 0 Å². The van der Waals surface area contributed by atoms with E-state index in [2.05, 4.69) is 16.5 Å². The summed E-state index contributed by atoms with van der Waals surface area (Å²) in [4.78, 5) is 16.9. The van der Waals surface area contributed by atoms with E-state index in [1.807, 2.05) is 11.0 Å². The summed E-state index contributed by atoms with van der Waals surface area (Å²) in [7, 11) is -3.65. The number of nitrogens with zero attached hydrogens (tertiary/aromatic N) is 3. The van der Waals surface area contributed by atoms with Crippen LogP contribution in [0.4, 0.5) is 0 Å². The Bertz CT molecular complexity index is 725. The van der Waals surface area contributed by atoms with Gasteiger partial charge in [0.1, 0.15) is 0 Å². The van der Waals surface area contributed by atoms with Gasteiger partial charge in [-0.2, -0.15) is 5.26 Å². The minimum absolute atomic E-state index is 0.0701. The Labute approximate surface area is 149 Å². The standard InChI is InChI=1S/C17H24N4O3S/c1-2-20-11-4-12-21(14-13-20)17(22)15-5-7-16(8-6-15)25(23,24)19-10-3-9-18/h5-8,19H,2-4,10-14H2,1H3. The van der Waals surface area contributed by atoms with Gasteiger partial charge in [0.2, 0.25) is 10.0 Å². The molecule has 1 aliphatic rings. The molecule has 0 spiro atoms. The molecule has 1 aromatic carbocycles. The van der Waals surface area contributed by atoms with Crippen LogP contribution in [0.15, 0.2) is 29.2 Å². The normalized spacial score (nSPS) is 16.2. The largest absolute Gasteiger partial charge is 0.337 e. The zero-order valence-corrected chi connectivity index (χ0v) is 15.3. The molecule has 1 aliphatic heterocycles. The van der Waals surface area contributed by atoms with Crippen molar-refractivity contribution in [3.8, 4) is 6.07 Å². The van der Waals surface area contributed by atoms with E-state index in [9.17, 15) is 13.2 Å². The molecular weight excluding hydrogens is 340 g/mol. The summed E-state index contributed by atoms with van der Waals surface area (Å²) < 4.78 is 26.5. The van der Waals surface area contributed by atoms with Gasteiger partial charge in [0, 0.05) is 38.2 Å². The van der Waals surface area contributed by atoms with E-state index in [0.717, 1.165) is 26.1 Å². The van der Waals surface area contributed by atoms with E-state index in [0.29, 0.717) is 18.7 Å². The summed E-state index contributed by atoms with van der Waals surface area (Å²) in [6.07, 6.45) is 1.05. The smallest absolute Gasteiger partial charge is 0.253 e. The van der Waals surface area contributed by atoms with Crippen molar-refractivity contribution in [2.75, 3.05) is 39.3 Å². The topological polar surface area (TPSA) is 93.5 Å². The SMILES string of the molecule is CCN1CCCN(C(=O)c2ccc(S(=O)(=O)NCCC#N)cc2)CC1. The molecule has 0 aromatic heterocycles. The average molecular weight is 364 g/mol. The van der Waals surface area contributed by atoms with Crippen LogP contribution in [0.25, 0.3) is 0 Å². The molecule has 1 saturated heterocycles. The van der Waals surface area contributed by atoms with Gasteiger partial charge in [-0.05, 0) is 43.8 Å². The Kier molecular flexibility index (Phi) is 6.93. The highest BCUT2D eigenvalue weighted by molar-refractivity contribution is 7.89. The molecule has 2 rings (SSSR count). The van der Waals surface area contributed by atoms with Gasteiger partial charge in [0.05, 0.1) is 11.0 Å². The molecule has 0 bridgehead atoms. The average Bonchev–Trinajstić information content (AvgIpc) is 2.87. The zero-order chi connectivity index (χ0) is 18.3. The van der Waals surface area contributed by atoms with Gasteiger partial charge in [0.25, 0.3) is 5.91 Å². The monoisotopic (exact) mass is 364 g/mol. The van der Waals surface area contributed by atoms with Gasteiger partial charge in [-0.25, -0.2) is 13.1 Å². The fourth-order valence-electron chi connectivity index (χ4n) is 2.77. The molecule has 1 aromatic rings. The third-order valence-corrected chi connectivity index (χ3v) is 5.74. The highest BCUT2D eigenvalue weighted by Gasteiger charge is 2.20. The number of hydrogen-bond donors (Lipinski definition) is 1. The number of carbonyl (C=O) groups is 1. The van der Waals surface area contributed by atoms with Gasteiger partial charge in [0.15, 0.2) is 0 Å². The molecule has 0 saturated carbocycles. The van der Waals surface area contributed by atoms with Crippen LogP contribution in [-0.2, 0) is 10.0 Å². The lowest BCUT2D eigenvalue weighted by Crippen LogP contribution is -2.35. The maximum absolute atomic E-state index is 12.6. The number of carbonyl (C=O) groups excluding carboxylic acids is 1. The Morgan fingerprint density at radius 1 is 1.20 bits per heavy atom. The van der Waals surface area contributed by atoms with Crippen LogP contribution in [0.1, 0.15) is 30.1 Å². The summed E-state index contributed by atoms with van der Waals surface area (Å²) in [5.74, 6) is -0.0701. The molecule has 136 valence electrons. The van der Waals surface area contributed by atoms with Crippen LogP contribution < -0.4 is 4.72 Å². The summed E-state index contributed by atoms with van der Waals surface area (Å²) >= 11 is 0. The molecule has 0 aliphatic carbocycles. The first-order valence-corrected chi connectivity index (χ1v) is 9.94. The first-order valence-electron chi connectivity index (χ1n) is 8.46. The number of sulfonamides is 1. The van der Waals surface area contributed by atoms with Crippen molar-refractivity contribution in [3.05, 3.63) is 29.8 Å². The molecule has 7 nitrogen and oxygen atoms in total. The van der Waals surface area contributed by atoms with E-state index in [4.69, 9.17) is 5.26 Å². The Morgan fingerprint density at radius 3 is 2.56 bits per heavy atom. The second-order valence-electron chi connectivity index (χ2n) is 5.91. The van der Waals surface area contributed by atoms with Crippen LogP contribution >= 0.6 is 0 Å². The summed E-state index contributed by atoms with van der Waals surface area (Å²) in [5, 5.41) is 8.48. The molecule has 0 atom stereocenters. The zero-order valence-electron chi connectivity index (χ0n) is 14.4. The van der Waals surface area contributed by atoms with Crippen molar-refractivity contribution in [1.29, 1.82) is 5.26 Å². The first-order chi connectivity index (χ1) is 12.0. The van der Waals surface area contributed by atoms with Gasteiger partial charge in [-0.1, -0.05) is 6.92 Å². The Balaban J connectivity index is 2.04. The number of rotatable bonds is 6. The third kappa shape index (κ3) is 5.26. The van der Waals surface area contributed by atoms with Gasteiger partial charge >= 0.3 is 0 Å². The number of nitrogens with one attached hydrogen (secondary N) is 1. The maximum Gasteiger partial charge on any atom is 0.253 e. The van der Waals surface area contributed by atoms with Gasteiger partial charge in [-0.15, -0.1) is 0 Å². The number of benzene rings is 1. The van der Waals surface area contributed by atoms with Crippen molar-refractivity contribution in [3.63, 3.8) is 0 Å². The van der Waals surface area contributed by atoms with Crippen molar-refractivity contribution in [1.82, 2.24) is 14.5 Å². The molecule has 1 heterocycles. The van der Waals surface area contributed by atoms with Crippen molar-refractivity contribution in [2.45, 2.75) is 24.7 Å². The van der Waals surface area contributed by atoms with E-state index in [1.54, 1.807) is 12.1 Å². The predicted molar refractivity (Wildman–Crippen MR) is 94.5 cm³/mol.